The van der Waals surface area contributed by atoms with E-state index in [2.05, 4.69) is 29.5 Å². The largest absolute Gasteiger partial charge is 0.331 e. The highest BCUT2D eigenvalue weighted by Gasteiger charge is 1.82. The van der Waals surface area contributed by atoms with Crippen LogP contribution in [-0.4, -0.2) is 9.97 Å². The quantitative estimate of drug-likeness (QED) is 0.572. The zero-order valence-electron chi connectivity index (χ0n) is 5.90. The number of hydrogen-bond donors (Lipinski definition) is 2. The number of aromatic amines is 2. The zero-order chi connectivity index (χ0) is 7.56. The van der Waals surface area contributed by atoms with Crippen LogP contribution in [0.2, 0.25) is 0 Å². The highest BCUT2D eigenvalue weighted by atomic mass is 32.1. The van der Waals surface area contributed by atoms with E-state index in [1.54, 1.807) is 0 Å². The average molecular weight is 154 g/mol. The molecule has 10 heavy (non-hydrogen) atoms. The molecule has 0 aromatic carbocycles. The number of hydrogen-bond acceptors (Lipinski definition) is 1. The summed E-state index contributed by atoms with van der Waals surface area (Å²) in [5.74, 6) is 0. The minimum Gasteiger partial charge on any atom is -0.331 e. The van der Waals surface area contributed by atoms with E-state index in [1.165, 1.54) is 0 Å². The molecule has 0 saturated heterocycles. The molecule has 0 aliphatic heterocycles. The fourth-order valence-corrected chi connectivity index (χ4v) is 1.04. The lowest BCUT2D eigenvalue weighted by atomic mass is 10.4. The topological polar surface area (TPSA) is 31.6 Å². The second-order valence-electron chi connectivity index (χ2n) is 2.08. The smallest absolute Gasteiger partial charge is 0.175 e. The van der Waals surface area contributed by atoms with Crippen LogP contribution in [0.25, 0.3) is 12.7 Å². The Hall–Kier alpha value is -0.830. The third-order valence-electron chi connectivity index (χ3n) is 1.25. The number of imidazole rings is 1. The van der Waals surface area contributed by atoms with Crippen LogP contribution in [-0.2, 0) is 0 Å². The summed E-state index contributed by atoms with van der Waals surface area (Å²) in [6.45, 7) is 5.85. The summed E-state index contributed by atoms with van der Waals surface area (Å²) in [5, 5.41) is 1.87. The van der Waals surface area contributed by atoms with E-state index in [0.29, 0.717) is 4.77 Å². The van der Waals surface area contributed by atoms with Crippen molar-refractivity contribution in [1.29, 1.82) is 0 Å². The van der Waals surface area contributed by atoms with Crippen molar-refractivity contribution >= 4 is 24.9 Å². The van der Waals surface area contributed by atoms with Crippen molar-refractivity contribution in [2.75, 3.05) is 0 Å². The van der Waals surface area contributed by atoms with Gasteiger partial charge in [-0.1, -0.05) is 19.6 Å². The van der Waals surface area contributed by atoms with Gasteiger partial charge in [-0.3, -0.25) is 0 Å². The van der Waals surface area contributed by atoms with Gasteiger partial charge in [0.2, 0.25) is 0 Å². The van der Waals surface area contributed by atoms with Crippen molar-refractivity contribution in [3.8, 4) is 0 Å². The van der Waals surface area contributed by atoms with Crippen LogP contribution in [0, 0.1) is 4.77 Å². The number of aromatic nitrogens is 2. The summed E-state index contributed by atoms with van der Waals surface area (Å²) in [7, 11) is 0. The van der Waals surface area contributed by atoms with Crippen molar-refractivity contribution in [1.82, 2.24) is 9.97 Å². The van der Waals surface area contributed by atoms with E-state index in [0.717, 1.165) is 17.1 Å². The molecule has 1 aromatic rings. The molecule has 2 nitrogen and oxygen atoms in total. The first-order valence-electron chi connectivity index (χ1n) is 3.21. The van der Waals surface area contributed by atoms with Crippen LogP contribution in [0.3, 0.4) is 0 Å². The second kappa shape index (κ2) is 2.84. The Morgan fingerprint density at radius 2 is 2.30 bits per heavy atom. The Morgan fingerprint density at radius 1 is 1.60 bits per heavy atom. The summed E-state index contributed by atoms with van der Waals surface area (Å²) >= 11 is 4.86. The predicted molar refractivity (Wildman–Crippen MR) is 45.5 cm³/mol. The molecular weight excluding hydrogens is 144 g/mol. The van der Waals surface area contributed by atoms with Crippen molar-refractivity contribution in [3.63, 3.8) is 0 Å². The number of rotatable bonds is 1. The number of nitrogens with one attached hydrogen (secondary N) is 2. The van der Waals surface area contributed by atoms with Crippen molar-refractivity contribution < 1.29 is 0 Å². The third kappa shape index (κ3) is 1.36. The molecule has 0 atom stereocenters. The molecule has 0 spiro atoms. The molecule has 0 amide bonds. The standard InChI is InChI=1S/C7H10N2S/c1-3-4-6-5(2)8-7(10)9-6/h4H,2-3H2,1H3,(H2,8,9,10). The molecule has 0 fully saturated rings. The Balaban J connectivity index is 3.43. The molecule has 2 N–H and O–H groups in total. The van der Waals surface area contributed by atoms with E-state index in [-0.39, 0.29) is 0 Å². The summed E-state index contributed by atoms with van der Waals surface area (Å²) < 4.78 is 0.643. The lowest BCUT2D eigenvalue weighted by Crippen LogP contribution is -2.22. The molecule has 0 unspecified atom stereocenters. The summed E-state index contributed by atoms with van der Waals surface area (Å²) in [4.78, 5) is 5.90. The van der Waals surface area contributed by atoms with Gasteiger partial charge in [-0.25, -0.2) is 0 Å². The molecule has 1 heterocycles. The Kier molecular flexibility index (Phi) is 2.06. The minimum atomic E-state index is 0.643. The first kappa shape index (κ1) is 7.28. The van der Waals surface area contributed by atoms with E-state index in [9.17, 15) is 0 Å². The van der Waals surface area contributed by atoms with Crippen molar-refractivity contribution in [2.24, 2.45) is 0 Å². The third-order valence-corrected chi connectivity index (χ3v) is 1.45. The molecule has 0 radical (unpaired) electrons. The van der Waals surface area contributed by atoms with Gasteiger partial charge in [0.15, 0.2) is 4.77 Å². The minimum absolute atomic E-state index is 0.643. The lowest BCUT2D eigenvalue weighted by Gasteiger charge is -1.74. The van der Waals surface area contributed by atoms with Crippen LogP contribution < -0.4 is 10.7 Å². The van der Waals surface area contributed by atoms with Crippen molar-refractivity contribution in [3.05, 3.63) is 15.5 Å². The van der Waals surface area contributed by atoms with Crippen LogP contribution in [0.4, 0.5) is 0 Å². The molecule has 0 saturated carbocycles. The highest BCUT2D eigenvalue weighted by molar-refractivity contribution is 7.71. The molecule has 1 rings (SSSR count). The first-order chi connectivity index (χ1) is 4.74. The molecule has 0 aliphatic carbocycles. The molecule has 1 aromatic heterocycles. The average Bonchev–Trinajstić information content (AvgIpc) is 2.13. The van der Waals surface area contributed by atoms with E-state index >= 15 is 0 Å². The monoisotopic (exact) mass is 154 g/mol. The van der Waals surface area contributed by atoms with Gasteiger partial charge in [0.05, 0.1) is 10.7 Å². The normalized spacial score (nSPS) is 12.3. The van der Waals surface area contributed by atoms with Crippen LogP contribution in [0.15, 0.2) is 0 Å². The Bertz CT molecular complexity index is 358. The Labute approximate surface area is 64.3 Å². The van der Waals surface area contributed by atoms with Gasteiger partial charge in [-0.15, -0.1) is 0 Å². The molecule has 54 valence electrons. The molecular formula is C7H10N2S. The Morgan fingerprint density at radius 3 is 2.70 bits per heavy atom. The molecule has 0 bridgehead atoms. The lowest BCUT2D eigenvalue weighted by molar-refractivity contribution is 1.22. The number of H-pyrrole nitrogens is 2. The van der Waals surface area contributed by atoms with Gasteiger partial charge in [0, 0.05) is 0 Å². The van der Waals surface area contributed by atoms with Crippen LogP contribution in [0.1, 0.15) is 13.3 Å². The van der Waals surface area contributed by atoms with Gasteiger partial charge in [0.1, 0.15) is 0 Å². The second-order valence-corrected chi connectivity index (χ2v) is 2.49. The summed E-state index contributed by atoms with van der Waals surface area (Å²) in [5.41, 5.74) is 0. The van der Waals surface area contributed by atoms with Gasteiger partial charge in [-0.2, -0.15) is 0 Å². The molecule has 3 heteroatoms. The SMILES string of the molecule is C=c1[nH]c(=S)[nH]c1=CCC. The highest BCUT2D eigenvalue weighted by Crippen LogP contribution is 1.72. The predicted octanol–water partition coefficient (Wildman–Crippen LogP) is 0.673. The zero-order valence-corrected chi connectivity index (χ0v) is 6.72. The van der Waals surface area contributed by atoms with Gasteiger partial charge < -0.3 is 9.97 Å². The van der Waals surface area contributed by atoms with E-state index in [4.69, 9.17) is 12.2 Å². The maximum atomic E-state index is 4.86. The van der Waals surface area contributed by atoms with Crippen molar-refractivity contribution in [2.45, 2.75) is 13.3 Å². The molecule has 0 aliphatic rings. The fraction of sp³-hybridized carbons (Fsp3) is 0.286. The summed E-state index contributed by atoms with van der Waals surface area (Å²) in [6, 6.07) is 0. The van der Waals surface area contributed by atoms with Gasteiger partial charge in [-0.05, 0) is 18.6 Å². The van der Waals surface area contributed by atoms with Gasteiger partial charge >= 0.3 is 0 Å². The van der Waals surface area contributed by atoms with Gasteiger partial charge in [0.25, 0.3) is 0 Å². The first-order valence-corrected chi connectivity index (χ1v) is 3.62. The maximum Gasteiger partial charge on any atom is 0.175 e. The van der Waals surface area contributed by atoms with E-state index in [1.807, 2.05) is 0 Å². The summed E-state index contributed by atoms with van der Waals surface area (Å²) in [6.07, 6.45) is 3.04. The van der Waals surface area contributed by atoms with E-state index < -0.39 is 0 Å². The maximum absolute atomic E-state index is 4.86. The fourth-order valence-electron chi connectivity index (χ4n) is 0.812. The van der Waals surface area contributed by atoms with Crippen LogP contribution >= 0.6 is 12.2 Å². The van der Waals surface area contributed by atoms with Crippen LogP contribution in [0.5, 0.6) is 0 Å².